The second-order valence-corrected chi connectivity index (χ2v) is 10.5. The third-order valence-corrected chi connectivity index (χ3v) is 6.54. The summed E-state index contributed by atoms with van der Waals surface area (Å²) in [6, 6.07) is 3.92. The molecule has 1 unspecified atom stereocenters. The Morgan fingerprint density at radius 3 is 2.59 bits per heavy atom. The molecule has 4 rings (SSSR count). The van der Waals surface area contributed by atoms with Crippen molar-refractivity contribution in [3.8, 4) is 11.3 Å². The number of halogens is 2. The molecule has 0 aliphatic heterocycles. The third kappa shape index (κ3) is 6.09. The number of anilines is 1. The second kappa shape index (κ2) is 10.6. The molecule has 0 saturated heterocycles. The van der Waals surface area contributed by atoms with E-state index in [1.54, 1.807) is 13.0 Å². The molecule has 2 amide bonds. The minimum Gasteiger partial charge on any atom is -0.342 e. The van der Waals surface area contributed by atoms with Crippen molar-refractivity contribution in [1.29, 1.82) is 0 Å². The lowest BCUT2D eigenvalue weighted by atomic mass is 9.92. The first-order valence-electron chi connectivity index (χ1n) is 11.1. The minimum atomic E-state index is -0.701. The zero-order valence-electron chi connectivity index (χ0n) is 20.3. The van der Waals surface area contributed by atoms with E-state index in [1.807, 2.05) is 20.8 Å². The Balaban J connectivity index is 1.44. The van der Waals surface area contributed by atoms with Gasteiger partial charge in [-0.25, -0.2) is 29.9 Å². The first kappa shape index (κ1) is 26.2. The van der Waals surface area contributed by atoms with Crippen LogP contribution in [0.3, 0.4) is 0 Å². The number of carbonyl (C=O) groups is 2. The molecule has 4 heterocycles. The summed E-state index contributed by atoms with van der Waals surface area (Å²) in [5, 5.41) is 6.34. The van der Waals surface area contributed by atoms with Crippen LogP contribution in [0, 0.1) is 5.95 Å². The van der Waals surface area contributed by atoms with E-state index < -0.39 is 23.8 Å². The highest BCUT2D eigenvalue weighted by molar-refractivity contribution is 7.13. The van der Waals surface area contributed by atoms with Crippen LogP contribution >= 0.6 is 22.9 Å². The van der Waals surface area contributed by atoms with Gasteiger partial charge in [0.15, 0.2) is 0 Å². The normalized spacial score (nSPS) is 12.2. The molecule has 0 saturated carbocycles. The first-order chi connectivity index (χ1) is 17.5. The van der Waals surface area contributed by atoms with Gasteiger partial charge in [0, 0.05) is 11.6 Å². The van der Waals surface area contributed by atoms with Gasteiger partial charge < -0.3 is 5.32 Å². The zero-order valence-corrected chi connectivity index (χ0v) is 21.9. The summed E-state index contributed by atoms with van der Waals surface area (Å²) in [6.07, 6.45) is 5.36. The van der Waals surface area contributed by atoms with Crippen LogP contribution in [0.4, 0.5) is 10.3 Å². The Labute approximate surface area is 220 Å². The van der Waals surface area contributed by atoms with E-state index in [2.05, 4.69) is 40.5 Å². The van der Waals surface area contributed by atoms with Crippen molar-refractivity contribution in [2.24, 2.45) is 0 Å². The molecule has 10 nitrogen and oxygen atoms in total. The smallest absolute Gasteiger partial charge is 0.270 e. The van der Waals surface area contributed by atoms with Crippen LogP contribution < -0.4 is 10.6 Å². The highest BCUT2D eigenvalue weighted by atomic mass is 35.5. The monoisotopic (exact) mass is 540 g/mol. The summed E-state index contributed by atoms with van der Waals surface area (Å²) in [7, 11) is 0. The molecule has 0 aliphatic rings. The molecule has 0 bridgehead atoms. The predicted octanol–water partition coefficient (Wildman–Crippen LogP) is 4.62. The summed E-state index contributed by atoms with van der Waals surface area (Å²) < 4.78 is 14.0. The van der Waals surface area contributed by atoms with Crippen molar-refractivity contribution in [1.82, 2.24) is 35.2 Å². The van der Waals surface area contributed by atoms with Gasteiger partial charge in [0.2, 0.25) is 11.9 Å². The van der Waals surface area contributed by atoms with E-state index in [9.17, 15) is 14.0 Å². The van der Waals surface area contributed by atoms with Gasteiger partial charge in [-0.15, -0.1) is 11.3 Å². The molecular formula is C24H22ClFN8O2S. The van der Waals surface area contributed by atoms with Crippen molar-refractivity contribution < 1.29 is 14.0 Å². The number of hydrogen-bond donors (Lipinski definition) is 2. The average Bonchev–Trinajstić information content (AvgIpc) is 3.36. The molecule has 4 aromatic rings. The fourth-order valence-electron chi connectivity index (χ4n) is 3.25. The number of nitrogens with zero attached hydrogens (tertiary/aromatic N) is 6. The topological polar surface area (TPSA) is 136 Å². The zero-order chi connectivity index (χ0) is 26.7. The summed E-state index contributed by atoms with van der Waals surface area (Å²) >= 11 is 7.31. The molecule has 37 heavy (non-hydrogen) atoms. The van der Waals surface area contributed by atoms with Crippen molar-refractivity contribution in [3.05, 3.63) is 75.4 Å². The van der Waals surface area contributed by atoms with Gasteiger partial charge in [0.25, 0.3) is 11.8 Å². The van der Waals surface area contributed by atoms with Crippen molar-refractivity contribution in [3.63, 3.8) is 0 Å². The van der Waals surface area contributed by atoms with E-state index in [0.29, 0.717) is 20.6 Å². The maximum atomic E-state index is 14.0. The lowest BCUT2D eigenvalue weighted by Gasteiger charge is -2.19. The van der Waals surface area contributed by atoms with Gasteiger partial charge in [0.1, 0.15) is 21.9 Å². The first-order valence-corrected chi connectivity index (χ1v) is 12.3. The second-order valence-electron chi connectivity index (χ2n) is 8.98. The van der Waals surface area contributed by atoms with Crippen molar-refractivity contribution >= 4 is 40.7 Å². The number of nitrogens with one attached hydrogen (secondary N) is 2. The highest BCUT2D eigenvalue weighted by Crippen LogP contribution is 2.28. The standard InChI is InChI=1S/C24H22ClFN8O2S/c1-12(32-20(35)16-8-15(30-11-31-16)13-6-5-7-27-19(13)26)22-28-10-17(37-22)21(36)34-23-29-9-14(25)18(33-23)24(2,3)4/h5-12H,1-4H3,(H,32,35)(H,29,33,34,36). The Bertz CT molecular complexity index is 1470. The van der Waals surface area contributed by atoms with Crippen LogP contribution in [0.15, 0.2) is 43.1 Å². The fourth-order valence-corrected chi connectivity index (χ4v) is 4.44. The van der Waals surface area contributed by atoms with Crippen LogP contribution in [0.2, 0.25) is 5.02 Å². The van der Waals surface area contributed by atoms with Gasteiger partial charge in [-0.1, -0.05) is 32.4 Å². The van der Waals surface area contributed by atoms with Crippen LogP contribution in [0.1, 0.15) is 64.6 Å². The van der Waals surface area contributed by atoms with Gasteiger partial charge in [0.05, 0.1) is 40.4 Å². The van der Waals surface area contributed by atoms with Crippen molar-refractivity contribution in [2.75, 3.05) is 5.32 Å². The van der Waals surface area contributed by atoms with Gasteiger partial charge in [-0.3, -0.25) is 14.9 Å². The Hall–Kier alpha value is -3.90. The van der Waals surface area contributed by atoms with E-state index >= 15 is 0 Å². The maximum Gasteiger partial charge on any atom is 0.270 e. The fraction of sp³-hybridized carbons (Fsp3) is 0.250. The van der Waals surface area contributed by atoms with Crippen LogP contribution in [0.5, 0.6) is 0 Å². The summed E-state index contributed by atoms with van der Waals surface area (Å²) in [5.74, 6) is -1.53. The van der Waals surface area contributed by atoms with Gasteiger partial charge >= 0.3 is 0 Å². The van der Waals surface area contributed by atoms with E-state index in [-0.39, 0.29) is 28.3 Å². The van der Waals surface area contributed by atoms with Crippen LogP contribution in [-0.2, 0) is 5.41 Å². The number of amides is 2. The number of rotatable bonds is 6. The molecule has 13 heteroatoms. The molecule has 4 aromatic heterocycles. The summed E-state index contributed by atoms with van der Waals surface area (Å²) in [5.41, 5.74) is 0.707. The van der Waals surface area contributed by atoms with Crippen LogP contribution in [-0.4, -0.2) is 41.7 Å². The Morgan fingerprint density at radius 2 is 1.86 bits per heavy atom. The van der Waals surface area contributed by atoms with Crippen molar-refractivity contribution in [2.45, 2.75) is 39.2 Å². The maximum absolute atomic E-state index is 14.0. The lowest BCUT2D eigenvalue weighted by Crippen LogP contribution is -2.27. The molecule has 2 N–H and O–H groups in total. The largest absolute Gasteiger partial charge is 0.342 e. The lowest BCUT2D eigenvalue weighted by molar-refractivity contribution is 0.0934. The average molecular weight is 541 g/mol. The number of hydrogen-bond acceptors (Lipinski definition) is 9. The molecule has 0 aliphatic carbocycles. The highest BCUT2D eigenvalue weighted by Gasteiger charge is 2.22. The van der Waals surface area contributed by atoms with Gasteiger partial charge in [-0.2, -0.15) is 4.39 Å². The third-order valence-electron chi connectivity index (χ3n) is 5.08. The molecule has 0 radical (unpaired) electrons. The van der Waals surface area contributed by atoms with E-state index in [1.165, 1.54) is 37.1 Å². The molecular weight excluding hydrogens is 519 g/mol. The molecule has 0 aromatic carbocycles. The van der Waals surface area contributed by atoms with E-state index in [0.717, 1.165) is 11.3 Å². The number of aromatic nitrogens is 6. The van der Waals surface area contributed by atoms with Crippen LogP contribution in [0.25, 0.3) is 11.3 Å². The predicted molar refractivity (Wildman–Crippen MR) is 137 cm³/mol. The van der Waals surface area contributed by atoms with Gasteiger partial charge in [-0.05, 0) is 25.1 Å². The number of carbonyl (C=O) groups excluding carboxylic acids is 2. The Morgan fingerprint density at radius 1 is 1.08 bits per heavy atom. The Kier molecular flexibility index (Phi) is 7.50. The molecule has 0 spiro atoms. The van der Waals surface area contributed by atoms with E-state index in [4.69, 9.17) is 11.6 Å². The molecule has 0 fully saturated rings. The summed E-state index contributed by atoms with van der Waals surface area (Å²) in [6.45, 7) is 7.59. The number of pyridine rings is 1. The molecule has 190 valence electrons. The molecule has 1 atom stereocenters. The quantitative estimate of drug-likeness (QED) is 0.338. The number of thiazole rings is 1. The summed E-state index contributed by atoms with van der Waals surface area (Å²) in [4.78, 5) is 50.2. The SMILES string of the molecule is CC(NC(=O)c1cc(-c2cccnc2F)ncn1)c1ncc(C(=O)Nc2ncc(Cl)c(C(C)(C)C)n2)s1. The minimum absolute atomic E-state index is 0.0455.